The number of carbonyl (C=O) groups excluding carboxylic acids is 1. The van der Waals surface area contributed by atoms with Crippen LogP contribution in [0.5, 0.6) is 11.5 Å². The van der Waals surface area contributed by atoms with Crippen LogP contribution in [0.3, 0.4) is 0 Å². The Hall–Kier alpha value is -0.964. The second-order valence-electron chi connectivity index (χ2n) is 4.62. The van der Waals surface area contributed by atoms with Crippen LogP contribution in [0.25, 0.3) is 11.1 Å². The maximum Gasteiger partial charge on any atom is 1.00 e. The SMILES string of the molecule is [CH2-]CN[C-]=NC(=O)c1c(O)ccc(Cl)c1-c1cc(F)ccc1OC.[K+]. The van der Waals surface area contributed by atoms with Gasteiger partial charge in [-0.2, -0.15) is 0 Å². The number of nitrogens with zero attached hydrogens (tertiary/aromatic N) is 1. The zero-order chi connectivity index (χ0) is 17.7. The Bertz CT molecular complexity index is 800. The van der Waals surface area contributed by atoms with Crippen LogP contribution < -0.4 is 61.4 Å². The van der Waals surface area contributed by atoms with E-state index in [4.69, 9.17) is 16.3 Å². The standard InChI is InChI=1S/C17H14ClFN2O3.K/c1-3-20-9-21-17(23)16-13(22)6-5-12(18)15(16)11-8-10(19)4-7-14(11)24-2;/h4-8,22H,1,3H2,2H3,(H,20,21,23);/q-2;+1. The number of benzene rings is 2. The molecule has 126 valence electrons. The van der Waals surface area contributed by atoms with Crippen LogP contribution in [-0.2, 0) is 0 Å². The summed E-state index contributed by atoms with van der Waals surface area (Å²) in [6.45, 7) is 3.79. The maximum atomic E-state index is 13.7. The Balaban J connectivity index is 0.00000312. The molecule has 0 atom stereocenters. The van der Waals surface area contributed by atoms with Crippen molar-refractivity contribution < 1.29 is 70.4 Å². The summed E-state index contributed by atoms with van der Waals surface area (Å²) in [7, 11) is 1.40. The van der Waals surface area contributed by atoms with Crippen molar-refractivity contribution in [1.82, 2.24) is 5.32 Å². The van der Waals surface area contributed by atoms with E-state index < -0.39 is 11.7 Å². The van der Waals surface area contributed by atoms with Gasteiger partial charge in [-0.15, -0.1) is 6.54 Å². The minimum atomic E-state index is -0.794. The van der Waals surface area contributed by atoms with Crippen molar-refractivity contribution in [3.8, 4) is 22.6 Å². The molecule has 8 heteroatoms. The summed E-state index contributed by atoms with van der Waals surface area (Å²) < 4.78 is 18.9. The predicted molar refractivity (Wildman–Crippen MR) is 90.2 cm³/mol. The topological polar surface area (TPSA) is 70.9 Å². The van der Waals surface area contributed by atoms with Gasteiger partial charge in [-0.05, 0) is 30.3 Å². The van der Waals surface area contributed by atoms with Crippen molar-refractivity contribution in [3.05, 3.63) is 53.7 Å². The molecule has 1 amide bonds. The van der Waals surface area contributed by atoms with E-state index in [1.807, 2.05) is 0 Å². The summed E-state index contributed by atoms with van der Waals surface area (Å²) in [6.07, 6.45) is 2.30. The first kappa shape index (κ1) is 22.1. The van der Waals surface area contributed by atoms with Gasteiger partial charge in [0, 0.05) is 21.7 Å². The van der Waals surface area contributed by atoms with E-state index in [-0.39, 0.29) is 85.4 Å². The molecule has 0 fully saturated rings. The maximum absolute atomic E-state index is 13.7. The van der Waals surface area contributed by atoms with Crippen LogP contribution in [0.4, 0.5) is 4.39 Å². The third kappa shape index (κ3) is 5.26. The van der Waals surface area contributed by atoms with Gasteiger partial charge in [0.25, 0.3) is 0 Å². The normalized spacial score (nSPS) is 10.4. The van der Waals surface area contributed by atoms with E-state index in [2.05, 4.69) is 23.6 Å². The fraction of sp³-hybridized carbons (Fsp3) is 0.118. The van der Waals surface area contributed by atoms with Crippen LogP contribution in [-0.4, -0.2) is 31.0 Å². The quantitative estimate of drug-likeness (QED) is 0.255. The van der Waals surface area contributed by atoms with Crippen LogP contribution in [0.15, 0.2) is 35.3 Å². The molecule has 0 spiro atoms. The van der Waals surface area contributed by atoms with Crippen LogP contribution >= 0.6 is 11.6 Å². The zero-order valence-electron chi connectivity index (χ0n) is 13.8. The number of phenolic OH excluding ortho intramolecular Hbond substituents is 1. The first-order valence-electron chi connectivity index (χ1n) is 6.87. The molecule has 0 aliphatic carbocycles. The van der Waals surface area contributed by atoms with E-state index in [1.165, 1.54) is 31.4 Å². The summed E-state index contributed by atoms with van der Waals surface area (Å²) in [4.78, 5) is 15.9. The summed E-state index contributed by atoms with van der Waals surface area (Å²) in [5.74, 6) is -1.39. The second-order valence-corrected chi connectivity index (χ2v) is 5.02. The molecule has 0 aliphatic rings. The molecule has 2 rings (SSSR count). The summed E-state index contributed by atoms with van der Waals surface area (Å²) >= 11 is 6.19. The molecular weight excluding hydrogens is 374 g/mol. The molecule has 0 aromatic heterocycles. The Morgan fingerprint density at radius 3 is 2.80 bits per heavy atom. The molecule has 0 saturated carbocycles. The van der Waals surface area contributed by atoms with E-state index >= 15 is 0 Å². The summed E-state index contributed by atoms with van der Waals surface area (Å²) in [5, 5.41) is 12.8. The number of halogens is 2. The minimum Gasteiger partial charge on any atom is -0.509 e. The van der Waals surface area contributed by atoms with Gasteiger partial charge in [-0.3, -0.25) is 0 Å². The predicted octanol–water partition coefficient (Wildman–Crippen LogP) is 0.333. The molecule has 2 aromatic rings. The number of rotatable bonds is 5. The van der Waals surface area contributed by atoms with Crippen LogP contribution in [0.1, 0.15) is 10.4 Å². The van der Waals surface area contributed by atoms with E-state index in [0.717, 1.165) is 6.07 Å². The van der Waals surface area contributed by atoms with Crippen LogP contribution in [0, 0.1) is 12.7 Å². The van der Waals surface area contributed by atoms with Crippen molar-refractivity contribution in [2.45, 2.75) is 0 Å². The monoisotopic (exact) mass is 387 g/mol. The smallest absolute Gasteiger partial charge is 0.509 e. The second kappa shape index (κ2) is 10.2. The van der Waals surface area contributed by atoms with Crippen LogP contribution in [0.2, 0.25) is 5.02 Å². The van der Waals surface area contributed by atoms with Crippen molar-refractivity contribution >= 4 is 23.8 Å². The summed E-state index contributed by atoms with van der Waals surface area (Å²) in [5.41, 5.74) is 0.171. The van der Waals surface area contributed by atoms with Crippen molar-refractivity contribution in [2.24, 2.45) is 4.99 Å². The van der Waals surface area contributed by atoms with Crippen molar-refractivity contribution in [3.63, 3.8) is 0 Å². The van der Waals surface area contributed by atoms with Crippen molar-refractivity contribution in [1.29, 1.82) is 0 Å². The third-order valence-corrected chi connectivity index (χ3v) is 3.45. The number of aliphatic imine (C=N–C) groups is 1. The molecule has 0 heterocycles. The van der Waals surface area contributed by atoms with Gasteiger partial charge in [-0.25, -0.2) is 4.39 Å². The third-order valence-electron chi connectivity index (χ3n) is 3.14. The number of hydrogen-bond donors (Lipinski definition) is 2. The van der Waals surface area contributed by atoms with Gasteiger partial charge in [0.1, 0.15) is 23.2 Å². The molecule has 0 radical (unpaired) electrons. The number of methoxy groups -OCH3 is 1. The first-order chi connectivity index (χ1) is 11.5. The molecule has 0 aliphatic heterocycles. The molecule has 25 heavy (non-hydrogen) atoms. The Morgan fingerprint density at radius 2 is 2.16 bits per heavy atom. The largest absolute Gasteiger partial charge is 1.00 e. The molecule has 0 saturated heterocycles. The van der Waals surface area contributed by atoms with E-state index in [0.29, 0.717) is 5.75 Å². The van der Waals surface area contributed by atoms with Gasteiger partial charge in [0.05, 0.1) is 7.11 Å². The average Bonchev–Trinajstić information content (AvgIpc) is 2.56. The summed E-state index contributed by atoms with van der Waals surface area (Å²) in [6, 6.07) is 6.44. The van der Waals surface area contributed by atoms with Crippen molar-refractivity contribution in [2.75, 3.05) is 13.7 Å². The number of nitrogens with one attached hydrogen (secondary N) is 1. The van der Waals surface area contributed by atoms with E-state index in [1.54, 1.807) is 0 Å². The molecule has 0 bridgehead atoms. The average molecular weight is 388 g/mol. The van der Waals surface area contributed by atoms with Gasteiger partial charge < -0.3 is 31.9 Å². The fourth-order valence-corrected chi connectivity index (χ4v) is 2.38. The number of phenols is 1. The molecule has 2 aromatic carbocycles. The molecule has 5 nitrogen and oxygen atoms in total. The van der Waals surface area contributed by atoms with Gasteiger partial charge in [-0.1, -0.05) is 17.9 Å². The van der Waals surface area contributed by atoms with Gasteiger partial charge >= 0.3 is 51.4 Å². The minimum absolute atomic E-state index is 0. The van der Waals surface area contributed by atoms with Gasteiger partial charge in [0.15, 0.2) is 0 Å². The Kier molecular flexibility index (Phi) is 9.05. The van der Waals surface area contributed by atoms with E-state index in [9.17, 15) is 14.3 Å². The zero-order valence-corrected chi connectivity index (χ0v) is 17.6. The molecule has 2 N–H and O–H groups in total. The number of hydrogen-bond acceptors (Lipinski definition) is 3. The number of carbonyl (C=O) groups is 1. The number of amides is 1. The Labute approximate surface area is 192 Å². The molecular formula is C17H14ClFKN2O3-. The number of ether oxygens (including phenoxy) is 1. The Morgan fingerprint density at radius 1 is 1.44 bits per heavy atom. The fourth-order valence-electron chi connectivity index (χ4n) is 2.12. The molecule has 0 unspecified atom stereocenters. The number of aromatic hydroxyl groups is 1. The first-order valence-corrected chi connectivity index (χ1v) is 7.25. The van der Waals surface area contributed by atoms with Gasteiger partial charge in [0.2, 0.25) is 0 Å².